The van der Waals surface area contributed by atoms with Gasteiger partial charge in [-0.3, -0.25) is 0 Å². The van der Waals surface area contributed by atoms with Crippen LogP contribution in [0.5, 0.6) is 0 Å². The van der Waals surface area contributed by atoms with E-state index in [1.165, 1.54) is 19.9 Å². The molecule has 30 heavy (non-hydrogen) atoms. The van der Waals surface area contributed by atoms with Gasteiger partial charge in [0.05, 0.1) is 17.0 Å². The SMILES string of the molecule is CC(C)(O)CNc1c(F)ccc(Nc2ncc(C(F)(F)F)c(NC3CC3)n2)c1C=N. The lowest BCUT2D eigenvalue weighted by atomic mass is 10.1. The Hall–Kier alpha value is -2.95. The van der Waals surface area contributed by atoms with Crippen molar-refractivity contribution in [2.24, 2.45) is 0 Å². The molecular formula is C19H22F4N6O. The van der Waals surface area contributed by atoms with Crippen LogP contribution < -0.4 is 16.0 Å². The molecule has 0 amide bonds. The van der Waals surface area contributed by atoms with Crippen molar-refractivity contribution in [3.05, 3.63) is 35.3 Å². The Morgan fingerprint density at radius 3 is 2.53 bits per heavy atom. The fraction of sp³-hybridized carbons (Fsp3) is 0.421. The number of benzene rings is 1. The maximum Gasteiger partial charge on any atom is 0.421 e. The standard InChI is InChI=1S/C19H22F4N6O/c1-18(2,30)9-26-15-11(7-24)14(6-5-13(15)20)28-17-25-8-12(19(21,22)23)16(29-17)27-10-3-4-10/h5-8,10,24,26,30H,3-4,9H2,1-2H3,(H2,25,27,28,29). The molecule has 5 N–H and O–H groups in total. The first-order valence-electron chi connectivity index (χ1n) is 9.25. The van der Waals surface area contributed by atoms with E-state index < -0.39 is 23.2 Å². The number of halogens is 4. The third-order valence-electron chi connectivity index (χ3n) is 4.30. The summed E-state index contributed by atoms with van der Waals surface area (Å²) in [5.74, 6) is -1.11. The molecule has 11 heteroatoms. The first-order chi connectivity index (χ1) is 14.0. The molecule has 3 rings (SSSR count). The zero-order valence-electron chi connectivity index (χ0n) is 16.4. The number of aliphatic hydroxyl groups is 1. The van der Waals surface area contributed by atoms with Gasteiger partial charge in [-0.25, -0.2) is 9.37 Å². The van der Waals surface area contributed by atoms with Gasteiger partial charge in [0.2, 0.25) is 5.95 Å². The Morgan fingerprint density at radius 1 is 1.27 bits per heavy atom. The van der Waals surface area contributed by atoms with Crippen molar-refractivity contribution in [3.63, 3.8) is 0 Å². The summed E-state index contributed by atoms with van der Waals surface area (Å²) in [5, 5.41) is 25.8. The van der Waals surface area contributed by atoms with Gasteiger partial charge >= 0.3 is 6.18 Å². The third kappa shape index (κ3) is 5.35. The number of nitrogens with zero attached hydrogens (tertiary/aromatic N) is 2. The van der Waals surface area contributed by atoms with Gasteiger partial charge in [0.15, 0.2) is 0 Å². The third-order valence-corrected chi connectivity index (χ3v) is 4.30. The fourth-order valence-corrected chi connectivity index (χ4v) is 2.64. The number of alkyl halides is 3. The van der Waals surface area contributed by atoms with Crippen molar-refractivity contribution in [2.75, 3.05) is 22.5 Å². The largest absolute Gasteiger partial charge is 0.421 e. The van der Waals surface area contributed by atoms with Crippen LogP contribution in [-0.2, 0) is 6.18 Å². The molecule has 7 nitrogen and oxygen atoms in total. The molecule has 1 fully saturated rings. The van der Waals surface area contributed by atoms with E-state index in [-0.39, 0.29) is 41.3 Å². The van der Waals surface area contributed by atoms with Crippen molar-refractivity contribution in [1.82, 2.24) is 9.97 Å². The summed E-state index contributed by atoms with van der Waals surface area (Å²) in [6.07, 6.45) is -1.51. The summed E-state index contributed by atoms with van der Waals surface area (Å²) in [4.78, 5) is 7.67. The molecule has 1 saturated carbocycles. The van der Waals surface area contributed by atoms with Gasteiger partial charge in [0.1, 0.15) is 17.2 Å². The number of anilines is 4. The van der Waals surface area contributed by atoms with Crippen LogP contribution >= 0.6 is 0 Å². The molecule has 1 heterocycles. The second-order valence-electron chi connectivity index (χ2n) is 7.69. The van der Waals surface area contributed by atoms with E-state index in [1.807, 2.05) is 0 Å². The highest BCUT2D eigenvalue weighted by atomic mass is 19.4. The van der Waals surface area contributed by atoms with Gasteiger partial charge in [-0.05, 0) is 38.8 Å². The van der Waals surface area contributed by atoms with Crippen molar-refractivity contribution >= 4 is 29.4 Å². The van der Waals surface area contributed by atoms with Crippen LogP contribution in [0, 0.1) is 11.2 Å². The van der Waals surface area contributed by atoms with E-state index in [2.05, 4.69) is 25.9 Å². The van der Waals surface area contributed by atoms with Gasteiger partial charge in [0.25, 0.3) is 0 Å². The van der Waals surface area contributed by atoms with Gasteiger partial charge in [-0.15, -0.1) is 0 Å². The lowest BCUT2D eigenvalue weighted by Gasteiger charge is -2.21. The van der Waals surface area contributed by atoms with E-state index in [0.717, 1.165) is 25.1 Å². The van der Waals surface area contributed by atoms with Crippen molar-refractivity contribution in [2.45, 2.75) is 44.5 Å². The van der Waals surface area contributed by atoms with E-state index in [0.29, 0.717) is 6.20 Å². The highest BCUT2D eigenvalue weighted by Crippen LogP contribution is 2.36. The zero-order chi connectivity index (χ0) is 22.1. The predicted molar refractivity (Wildman–Crippen MR) is 106 cm³/mol. The molecule has 1 aliphatic rings. The van der Waals surface area contributed by atoms with Crippen LogP contribution in [0.1, 0.15) is 37.8 Å². The quantitative estimate of drug-likeness (QED) is 0.321. The number of rotatable bonds is 8. The molecule has 1 aromatic carbocycles. The zero-order valence-corrected chi connectivity index (χ0v) is 16.4. The smallest absolute Gasteiger partial charge is 0.389 e. The van der Waals surface area contributed by atoms with E-state index >= 15 is 0 Å². The summed E-state index contributed by atoms with van der Waals surface area (Å²) in [6, 6.07) is 2.41. The lowest BCUT2D eigenvalue weighted by molar-refractivity contribution is -0.137. The fourth-order valence-electron chi connectivity index (χ4n) is 2.64. The minimum atomic E-state index is -4.61. The summed E-state index contributed by atoms with van der Waals surface area (Å²) in [6.45, 7) is 3.09. The summed E-state index contributed by atoms with van der Waals surface area (Å²) >= 11 is 0. The van der Waals surface area contributed by atoms with Gasteiger partial charge < -0.3 is 26.5 Å². The van der Waals surface area contributed by atoms with Crippen LogP contribution in [0.2, 0.25) is 0 Å². The number of aromatic nitrogens is 2. The van der Waals surface area contributed by atoms with Crippen molar-refractivity contribution < 1.29 is 22.7 Å². The second kappa shape index (κ2) is 8.05. The van der Waals surface area contributed by atoms with Crippen LogP contribution in [-0.4, -0.2) is 39.5 Å². The Morgan fingerprint density at radius 2 is 1.97 bits per heavy atom. The van der Waals surface area contributed by atoms with Gasteiger partial charge in [-0.2, -0.15) is 18.2 Å². The van der Waals surface area contributed by atoms with Gasteiger partial charge in [-0.1, -0.05) is 0 Å². The molecule has 0 aliphatic heterocycles. The van der Waals surface area contributed by atoms with Crippen molar-refractivity contribution in [1.29, 1.82) is 5.41 Å². The Bertz CT molecular complexity index is 938. The number of hydrogen-bond acceptors (Lipinski definition) is 7. The van der Waals surface area contributed by atoms with E-state index in [9.17, 15) is 22.7 Å². The molecule has 0 saturated heterocycles. The van der Waals surface area contributed by atoms with Crippen LogP contribution in [0.4, 0.5) is 40.7 Å². The Labute approximate surface area is 170 Å². The summed E-state index contributed by atoms with van der Waals surface area (Å²) < 4.78 is 54.0. The molecule has 0 radical (unpaired) electrons. The normalized spacial score (nSPS) is 14.4. The van der Waals surface area contributed by atoms with Crippen LogP contribution in [0.15, 0.2) is 18.3 Å². The topological polar surface area (TPSA) is 106 Å². The average Bonchev–Trinajstić information content (AvgIpc) is 3.44. The molecule has 0 atom stereocenters. The maximum absolute atomic E-state index is 14.3. The van der Waals surface area contributed by atoms with Crippen LogP contribution in [0.3, 0.4) is 0 Å². The molecule has 0 bridgehead atoms. The maximum atomic E-state index is 14.3. The Kier molecular flexibility index (Phi) is 5.84. The summed E-state index contributed by atoms with van der Waals surface area (Å²) in [7, 11) is 0. The number of hydrogen-bond donors (Lipinski definition) is 5. The monoisotopic (exact) mass is 426 g/mol. The highest BCUT2D eigenvalue weighted by Gasteiger charge is 2.37. The first-order valence-corrected chi connectivity index (χ1v) is 9.25. The molecule has 0 unspecified atom stereocenters. The molecule has 1 aromatic heterocycles. The summed E-state index contributed by atoms with van der Waals surface area (Å²) in [5.41, 5.74) is -1.80. The van der Waals surface area contributed by atoms with E-state index in [4.69, 9.17) is 5.41 Å². The van der Waals surface area contributed by atoms with Crippen LogP contribution in [0.25, 0.3) is 0 Å². The molecule has 0 spiro atoms. The second-order valence-corrected chi connectivity index (χ2v) is 7.69. The first kappa shape index (κ1) is 21.8. The van der Waals surface area contributed by atoms with E-state index in [1.54, 1.807) is 0 Å². The minimum absolute atomic E-state index is 0.0143. The molecule has 2 aromatic rings. The van der Waals surface area contributed by atoms with Gasteiger partial charge in [0, 0.05) is 30.6 Å². The molecule has 162 valence electrons. The number of nitrogens with one attached hydrogen (secondary N) is 4. The average molecular weight is 426 g/mol. The Balaban J connectivity index is 1.92. The minimum Gasteiger partial charge on any atom is -0.389 e. The predicted octanol–water partition coefficient (Wildman–Crippen LogP) is 4.13. The highest BCUT2D eigenvalue weighted by molar-refractivity contribution is 5.94. The lowest BCUT2D eigenvalue weighted by Crippen LogP contribution is -2.30. The van der Waals surface area contributed by atoms with Crippen molar-refractivity contribution in [3.8, 4) is 0 Å². The molecule has 1 aliphatic carbocycles. The molecular weight excluding hydrogens is 404 g/mol.